The first kappa shape index (κ1) is 19.7. The van der Waals surface area contributed by atoms with E-state index in [1.54, 1.807) is 0 Å². The van der Waals surface area contributed by atoms with Crippen LogP contribution in [-0.2, 0) is 11.8 Å². The van der Waals surface area contributed by atoms with Crippen LogP contribution < -0.4 is 5.32 Å². The minimum absolute atomic E-state index is 0.0565. The monoisotopic (exact) mass is 428 g/mol. The van der Waals surface area contributed by atoms with Crippen molar-refractivity contribution < 1.29 is 4.79 Å². The first-order valence-electron chi connectivity index (χ1n) is 11.4. The molecule has 6 rings (SSSR count). The molecule has 0 fully saturated rings. The quantitative estimate of drug-likeness (QED) is 0.524. The number of aromatic nitrogens is 1. The van der Waals surface area contributed by atoms with E-state index in [0.717, 1.165) is 40.8 Å². The van der Waals surface area contributed by atoms with E-state index in [1.807, 2.05) is 54.9 Å². The van der Waals surface area contributed by atoms with Crippen molar-refractivity contribution in [1.82, 2.24) is 4.98 Å². The molecule has 3 aliphatic rings. The molecule has 0 amide bonds. The number of benzene rings is 2. The van der Waals surface area contributed by atoms with Crippen LogP contribution in [0.5, 0.6) is 0 Å². The Hall–Kier alpha value is -3.98. The number of fused-ring (bicyclic) bond motifs is 5. The van der Waals surface area contributed by atoms with E-state index in [4.69, 9.17) is 0 Å². The van der Waals surface area contributed by atoms with E-state index in [-0.39, 0.29) is 5.78 Å². The zero-order valence-corrected chi connectivity index (χ0v) is 18.5. The van der Waals surface area contributed by atoms with Gasteiger partial charge in [-0.25, -0.2) is 0 Å². The zero-order valence-electron chi connectivity index (χ0n) is 18.5. The average Bonchev–Trinajstić information content (AvgIpc) is 2.87. The summed E-state index contributed by atoms with van der Waals surface area (Å²) in [7, 11) is 0. The number of pyridine rings is 1. The molecule has 1 heterocycles. The Labute approximate surface area is 193 Å². The van der Waals surface area contributed by atoms with Crippen LogP contribution in [0.25, 0.3) is 5.57 Å². The molecule has 3 nitrogen and oxygen atoms in total. The SMILES string of the molecule is CC1(c2ccncc2)C=C(Nc2ccccc2)C(=O)c2c1ccc1c2CC=C2CC=CC=C21. The van der Waals surface area contributed by atoms with Crippen LogP contribution in [0, 0.1) is 0 Å². The first-order valence-corrected chi connectivity index (χ1v) is 11.4. The average molecular weight is 429 g/mol. The number of rotatable bonds is 3. The van der Waals surface area contributed by atoms with Crippen LogP contribution in [0.2, 0.25) is 0 Å². The van der Waals surface area contributed by atoms with E-state index >= 15 is 0 Å². The third kappa shape index (κ3) is 3.12. The van der Waals surface area contributed by atoms with Crippen LogP contribution >= 0.6 is 0 Å². The maximum absolute atomic E-state index is 14.0. The Bertz CT molecular complexity index is 1390. The second-order valence-corrected chi connectivity index (χ2v) is 8.98. The van der Waals surface area contributed by atoms with E-state index in [9.17, 15) is 4.79 Å². The Balaban J connectivity index is 1.57. The number of Topliss-reactive ketones (excluding diaryl/α,β-unsaturated/α-hetero) is 1. The van der Waals surface area contributed by atoms with Crippen LogP contribution in [-0.4, -0.2) is 10.8 Å². The molecule has 0 saturated heterocycles. The zero-order chi connectivity index (χ0) is 22.4. The van der Waals surface area contributed by atoms with Crippen molar-refractivity contribution in [2.45, 2.75) is 25.2 Å². The van der Waals surface area contributed by atoms with Gasteiger partial charge in [0.15, 0.2) is 0 Å². The summed E-state index contributed by atoms with van der Waals surface area (Å²) in [6.45, 7) is 2.19. The maximum atomic E-state index is 14.0. The molecular weight excluding hydrogens is 404 g/mol. The van der Waals surface area contributed by atoms with Gasteiger partial charge < -0.3 is 5.32 Å². The number of ketones is 1. The Morgan fingerprint density at radius 3 is 2.61 bits per heavy atom. The van der Waals surface area contributed by atoms with Gasteiger partial charge in [-0.05, 0) is 83.5 Å². The second kappa shape index (κ2) is 7.56. The van der Waals surface area contributed by atoms with Crippen molar-refractivity contribution in [3.8, 4) is 0 Å². The van der Waals surface area contributed by atoms with E-state index in [2.05, 4.69) is 59.7 Å². The highest BCUT2D eigenvalue weighted by Gasteiger charge is 2.39. The van der Waals surface area contributed by atoms with Crippen molar-refractivity contribution in [1.29, 1.82) is 0 Å². The number of anilines is 1. The van der Waals surface area contributed by atoms with Gasteiger partial charge in [0.2, 0.25) is 5.78 Å². The second-order valence-electron chi connectivity index (χ2n) is 8.98. The summed E-state index contributed by atoms with van der Waals surface area (Å²) in [4.78, 5) is 18.2. The lowest BCUT2D eigenvalue weighted by Gasteiger charge is -2.37. The summed E-state index contributed by atoms with van der Waals surface area (Å²) in [6, 6.07) is 18.4. The molecule has 1 atom stereocenters. The van der Waals surface area contributed by atoms with Crippen molar-refractivity contribution in [3.63, 3.8) is 0 Å². The fraction of sp³-hybridized carbons (Fsp3) is 0.133. The number of carbonyl (C=O) groups excluding carboxylic acids is 1. The third-order valence-corrected chi connectivity index (χ3v) is 7.04. The van der Waals surface area contributed by atoms with Crippen molar-refractivity contribution in [3.05, 3.63) is 136 Å². The van der Waals surface area contributed by atoms with Gasteiger partial charge in [-0.1, -0.05) is 54.6 Å². The standard InChI is InChI=1S/C30H24N2O/c1-30(21-15-17-31-18-16-21)19-27(32-22-8-3-2-4-9-22)29(33)28-25-12-11-20-7-5-6-10-23(20)24(25)13-14-26(28)30/h2-6,8-11,13-19,32H,7,12H2,1H3. The highest BCUT2D eigenvalue weighted by Crippen LogP contribution is 2.46. The fourth-order valence-corrected chi connectivity index (χ4v) is 5.34. The van der Waals surface area contributed by atoms with Crippen LogP contribution in [0.1, 0.15) is 46.0 Å². The van der Waals surface area contributed by atoms with Gasteiger partial charge in [-0.15, -0.1) is 0 Å². The molecule has 3 aliphatic carbocycles. The van der Waals surface area contributed by atoms with E-state index in [0.29, 0.717) is 5.70 Å². The normalized spacial score (nSPS) is 20.6. The van der Waals surface area contributed by atoms with Crippen molar-refractivity contribution >= 4 is 17.0 Å². The first-order chi connectivity index (χ1) is 16.1. The molecule has 0 radical (unpaired) electrons. The minimum atomic E-state index is -0.455. The Kier molecular flexibility index (Phi) is 4.51. The largest absolute Gasteiger partial charge is 0.353 e. The summed E-state index contributed by atoms with van der Waals surface area (Å²) in [5.74, 6) is 0.0565. The molecule has 160 valence electrons. The predicted molar refractivity (Wildman–Crippen MR) is 133 cm³/mol. The topological polar surface area (TPSA) is 42.0 Å². The molecule has 1 N–H and O–H groups in total. The molecule has 0 saturated carbocycles. The van der Waals surface area contributed by atoms with Crippen molar-refractivity contribution in [2.75, 3.05) is 5.32 Å². The highest BCUT2D eigenvalue weighted by atomic mass is 16.1. The molecule has 2 aromatic carbocycles. The summed E-state index contributed by atoms with van der Waals surface area (Å²) in [6.07, 6.45) is 16.2. The lowest BCUT2D eigenvalue weighted by Crippen LogP contribution is -2.33. The number of nitrogens with zero attached hydrogens (tertiary/aromatic N) is 1. The number of allylic oxidation sites excluding steroid dienone is 8. The smallest absolute Gasteiger partial charge is 0.209 e. The minimum Gasteiger partial charge on any atom is -0.353 e. The van der Waals surface area contributed by atoms with Gasteiger partial charge in [-0.2, -0.15) is 0 Å². The molecular formula is C30H24N2O. The molecule has 1 aromatic heterocycles. The molecule has 3 aromatic rings. The Morgan fingerprint density at radius 2 is 1.79 bits per heavy atom. The summed E-state index contributed by atoms with van der Waals surface area (Å²) >= 11 is 0. The Morgan fingerprint density at radius 1 is 0.970 bits per heavy atom. The third-order valence-electron chi connectivity index (χ3n) is 7.04. The van der Waals surface area contributed by atoms with E-state index in [1.165, 1.54) is 16.7 Å². The molecule has 1 unspecified atom stereocenters. The highest BCUT2D eigenvalue weighted by molar-refractivity contribution is 6.15. The number of hydrogen-bond donors (Lipinski definition) is 1. The summed E-state index contributed by atoms with van der Waals surface area (Å²) in [5, 5.41) is 3.41. The number of carbonyl (C=O) groups is 1. The van der Waals surface area contributed by atoms with Gasteiger partial charge in [0.1, 0.15) is 0 Å². The summed E-state index contributed by atoms with van der Waals surface area (Å²) in [5.41, 5.74) is 8.98. The van der Waals surface area contributed by atoms with Crippen LogP contribution in [0.15, 0.2) is 109 Å². The van der Waals surface area contributed by atoms with E-state index < -0.39 is 5.41 Å². The molecule has 33 heavy (non-hydrogen) atoms. The van der Waals surface area contributed by atoms with Crippen LogP contribution in [0.4, 0.5) is 5.69 Å². The molecule has 0 bridgehead atoms. The fourth-order valence-electron chi connectivity index (χ4n) is 5.34. The molecule has 3 heteroatoms. The van der Waals surface area contributed by atoms with Gasteiger partial charge in [0.25, 0.3) is 0 Å². The van der Waals surface area contributed by atoms with Gasteiger partial charge >= 0.3 is 0 Å². The predicted octanol–water partition coefficient (Wildman–Crippen LogP) is 6.41. The number of nitrogens with one attached hydrogen (secondary N) is 1. The van der Waals surface area contributed by atoms with Gasteiger partial charge in [0.05, 0.1) is 5.70 Å². The maximum Gasteiger partial charge on any atom is 0.209 e. The lowest BCUT2D eigenvalue weighted by molar-refractivity contribution is 0.102. The van der Waals surface area contributed by atoms with Crippen LogP contribution in [0.3, 0.4) is 0 Å². The molecule has 0 aliphatic heterocycles. The summed E-state index contributed by atoms with van der Waals surface area (Å²) < 4.78 is 0. The van der Waals surface area contributed by atoms with Gasteiger partial charge in [-0.3, -0.25) is 9.78 Å². The van der Waals surface area contributed by atoms with Crippen molar-refractivity contribution in [2.24, 2.45) is 0 Å². The molecule has 0 spiro atoms. The number of para-hydroxylation sites is 1. The van der Waals surface area contributed by atoms with Gasteiger partial charge in [0, 0.05) is 29.1 Å². The lowest BCUT2D eigenvalue weighted by atomic mass is 9.67. The number of hydrogen-bond acceptors (Lipinski definition) is 3.